The Kier molecular flexibility index (Phi) is 5.68. The van der Waals surface area contributed by atoms with Crippen molar-refractivity contribution in [3.05, 3.63) is 11.1 Å². The number of carbonyl (C=O) groups excluding carboxylic acids is 2. The molecule has 1 saturated heterocycles. The summed E-state index contributed by atoms with van der Waals surface area (Å²) < 4.78 is 23.2. The maximum Gasteiger partial charge on any atom is 0.303 e. The van der Waals surface area contributed by atoms with Crippen LogP contribution in [0.4, 0.5) is 0 Å². The number of aliphatic hydroxyl groups excluding tert-OH is 2. The average Bonchev–Trinajstić information content (AvgIpc) is 2.73. The molecular formula is C24H36O9. The van der Waals surface area contributed by atoms with E-state index >= 15 is 0 Å². The molecule has 0 aromatic carbocycles. The number of rotatable bonds is 3. The van der Waals surface area contributed by atoms with Gasteiger partial charge >= 0.3 is 5.97 Å². The quantitative estimate of drug-likeness (QED) is 0.401. The smallest absolute Gasteiger partial charge is 0.303 e. The highest BCUT2D eigenvalue weighted by Gasteiger charge is 2.77. The van der Waals surface area contributed by atoms with Crippen LogP contribution in [0.5, 0.6) is 0 Å². The molecule has 1 heterocycles. The van der Waals surface area contributed by atoms with Gasteiger partial charge in [-0.05, 0) is 25.0 Å². The van der Waals surface area contributed by atoms with Crippen LogP contribution < -0.4 is 0 Å². The summed E-state index contributed by atoms with van der Waals surface area (Å²) in [7, 11) is 2.95. The highest BCUT2D eigenvalue weighted by molar-refractivity contribution is 5.93. The summed E-state index contributed by atoms with van der Waals surface area (Å²) in [4.78, 5) is 26.3. The first-order chi connectivity index (χ1) is 15.2. The summed E-state index contributed by atoms with van der Waals surface area (Å²) in [5, 5.41) is 35.2. The lowest BCUT2D eigenvalue weighted by Gasteiger charge is -2.67. The Hall–Kier alpha value is -1.36. The maximum atomic E-state index is 14.1. The Morgan fingerprint density at radius 2 is 1.79 bits per heavy atom. The van der Waals surface area contributed by atoms with Gasteiger partial charge in [0.1, 0.15) is 17.8 Å². The number of ketones is 1. The lowest BCUT2D eigenvalue weighted by Crippen LogP contribution is -2.81. The number of Topliss-reactive ketones (excluding diaryl/α,β-unsaturated/α-hetero) is 1. The van der Waals surface area contributed by atoms with E-state index in [9.17, 15) is 24.9 Å². The van der Waals surface area contributed by atoms with E-state index < -0.39 is 70.2 Å². The molecule has 0 spiro atoms. The number of ether oxygens (including phenoxy) is 4. The van der Waals surface area contributed by atoms with Crippen LogP contribution in [0.1, 0.15) is 47.5 Å². The molecule has 4 aliphatic rings. The Labute approximate surface area is 194 Å². The van der Waals surface area contributed by atoms with Gasteiger partial charge in [0, 0.05) is 45.3 Å². The second-order valence-electron chi connectivity index (χ2n) is 10.9. The summed E-state index contributed by atoms with van der Waals surface area (Å²) in [6, 6.07) is 0. The molecule has 1 aliphatic heterocycles. The van der Waals surface area contributed by atoms with Crippen LogP contribution in [0.3, 0.4) is 0 Å². The molecule has 3 fully saturated rings. The van der Waals surface area contributed by atoms with Crippen molar-refractivity contribution >= 4 is 11.8 Å². The van der Waals surface area contributed by atoms with Crippen LogP contribution in [-0.4, -0.2) is 89.6 Å². The minimum absolute atomic E-state index is 0.000598. The third-order valence-corrected chi connectivity index (χ3v) is 9.22. The number of methoxy groups -OCH3 is 2. The van der Waals surface area contributed by atoms with Gasteiger partial charge in [-0.25, -0.2) is 0 Å². The van der Waals surface area contributed by atoms with Crippen molar-refractivity contribution in [2.24, 2.45) is 16.7 Å². The standard InChI is InChI=1S/C24H36O9/c1-11-13(30-6)9-24(29)20(31-7)18-22(5,19(28)17(27)16(11)21(24,3)4)14(26)8-15-23(18,10-32-15)33-12(2)25/h13-15,17-18,20,26-27,29H,8-10H2,1-7H3/t13-,14-,15?,17+,18?,20-,22?,23-,24+/m0/s1. The van der Waals surface area contributed by atoms with Crippen molar-refractivity contribution < 1.29 is 43.9 Å². The van der Waals surface area contributed by atoms with E-state index in [2.05, 4.69) is 0 Å². The van der Waals surface area contributed by atoms with Crippen LogP contribution in [0, 0.1) is 16.7 Å². The minimum Gasteiger partial charge on any atom is -0.454 e. The molecule has 4 rings (SSSR count). The molecule has 3 unspecified atom stereocenters. The van der Waals surface area contributed by atoms with Gasteiger partial charge < -0.3 is 34.3 Å². The molecule has 186 valence electrons. The average molecular weight is 469 g/mol. The maximum absolute atomic E-state index is 14.1. The zero-order chi connectivity index (χ0) is 24.7. The van der Waals surface area contributed by atoms with E-state index in [1.54, 1.807) is 27.7 Å². The van der Waals surface area contributed by atoms with E-state index in [-0.39, 0.29) is 19.4 Å². The predicted molar refractivity (Wildman–Crippen MR) is 115 cm³/mol. The normalized spacial score (nSPS) is 48.7. The summed E-state index contributed by atoms with van der Waals surface area (Å²) >= 11 is 0. The van der Waals surface area contributed by atoms with Crippen molar-refractivity contribution in [2.45, 2.75) is 89.2 Å². The van der Waals surface area contributed by atoms with Gasteiger partial charge in [-0.1, -0.05) is 13.8 Å². The molecule has 2 bridgehead atoms. The Bertz CT molecular complexity index is 896. The highest BCUT2D eigenvalue weighted by Crippen LogP contribution is 2.63. The lowest BCUT2D eigenvalue weighted by atomic mass is 9.44. The Balaban J connectivity index is 2.05. The van der Waals surface area contributed by atoms with Crippen molar-refractivity contribution in [3.8, 4) is 0 Å². The molecular weight excluding hydrogens is 432 g/mol. The fourth-order valence-electron chi connectivity index (χ4n) is 7.31. The summed E-state index contributed by atoms with van der Waals surface area (Å²) in [6.07, 6.45) is -4.88. The zero-order valence-corrected chi connectivity index (χ0v) is 20.4. The van der Waals surface area contributed by atoms with Gasteiger partial charge in [0.15, 0.2) is 11.4 Å². The number of hydrogen-bond donors (Lipinski definition) is 3. The van der Waals surface area contributed by atoms with Gasteiger partial charge in [-0.2, -0.15) is 0 Å². The molecule has 9 atom stereocenters. The molecule has 9 nitrogen and oxygen atoms in total. The van der Waals surface area contributed by atoms with Gasteiger partial charge in [0.2, 0.25) is 0 Å². The molecule has 0 radical (unpaired) electrons. The lowest BCUT2D eigenvalue weighted by molar-refractivity contribution is -0.348. The van der Waals surface area contributed by atoms with Crippen LogP contribution in [0.15, 0.2) is 11.1 Å². The Morgan fingerprint density at radius 1 is 1.15 bits per heavy atom. The van der Waals surface area contributed by atoms with E-state index in [0.29, 0.717) is 11.1 Å². The third kappa shape index (κ3) is 2.87. The van der Waals surface area contributed by atoms with Gasteiger partial charge in [0.05, 0.1) is 30.3 Å². The molecule has 33 heavy (non-hydrogen) atoms. The molecule has 3 aliphatic carbocycles. The minimum atomic E-state index is -1.63. The number of esters is 1. The fourth-order valence-corrected chi connectivity index (χ4v) is 7.31. The number of hydrogen-bond acceptors (Lipinski definition) is 9. The SMILES string of the molecule is CO[C@H]1C[C@@]2(O)[C@@H](OC)C3C(C)(C(=O)[C@H](O)C(=C1C)C2(C)C)[C@@H](O)CC1OC[C@]13OC(C)=O. The first kappa shape index (κ1) is 24.8. The molecule has 3 N–H and O–H groups in total. The van der Waals surface area contributed by atoms with E-state index in [1.165, 1.54) is 21.1 Å². The van der Waals surface area contributed by atoms with Crippen LogP contribution in [-0.2, 0) is 28.5 Å². The van der Waals surface area contributed by atoms with Crippen molar-refractivity contribution in [3.63, 3.8) is 0 Å². The second-order valence-corrected chi connectivity index (χ2v) is 10.9. The number of aliphatic hydroxyl groups is 3. The van der Waals surface area contributed by atoms with Crippen molar-refractivity contribution in [2.75, 3.05) is 20.8 Å². The van der Waals surface area contributed by atoms with Gasteiger partial charge in [0.25, 0.3) is 0 Å². The third-order valence-electron chi connectivity index (χ3n) is 9.22. The fraction of sp³-hybridized carbons (Fsp3) is 0.833. The van der Waals surface area contributed by atoms with Crippen LogP contribution in [0.25, 0.3) is 0 Å². The second kappa shape index (κ2) is 7.57. The Morgan fingerprint density at radius 3 is 2.27 bits per heavy atom. The molecule has 2 saturated carbocycles. The van der Waals surface area contributed by atoms with Crippen LogP contribution >= 0.6 is 0 Å². The number of carbonyl (C=O) groups is 2. The number of fused-ring (bicyclic) bond motifs is 5. The first-order valence-corrected chi connectivity index (χ1v) is 11.4. The predicted octanol–water partition coefficient (Wildman–Crippen LogP) is 0.525. The monoisotopic (exact) mass is 468 g/mol. The summed E-state index contributed by atoms with van der Waals surface area (Å²) in [5.74, 6) is -2.14. The largest absolute Gasteiger partial charge is 0.454 e. The van der Waals surface area contributed by atoms with E-state index in [0.717, 1.165) is 0 Å². The van der Waals surface area contributed by atoms with Crippen molar-refractivity contribution in [1.29, 1.82) is 0 Å². The molecule has 9 heteroatoms. The van der Waals surface area contributed by atoms with Gasteiger partial charge in [-0.15, -0.1) is 0 Å². The van der Waals surface area contributed by atoms with Crippen molar-refractivity contribution in [1.82, 2.24) is 0 Å². The summed E-state index contributed by atoms with van der Waals surface area (Å²) in [6.45, 7) is 8.18. The first-order valence-electron chi connectivity index (χ1n) is 11.4. The molecule has 0 aromatic rings. The molecule has 0 amide bonds. The van der Waals surface area contributed by atoms with E-state index in [4.69, 9.17) is 18.9 Å². The molecule has 0 aromatic heterocycles. The summed E-state index contributed by atoms with van der Waals surface area (Å²) in [5.41, 5.74) is -4.55. The van der Waals surface area contributed by atoms with Crippen LogP contribution in [0.2, 0.25) is 0 Å². The highest BCUT2D eigenvalue weighted by atomic mass is 16.6. The van der Waals surface area contributed by atoms with Gasteiger partial charge in [-0.3, -0.25) is 9.59 Å². The zero-order valence-electron chi connectivity index (χ0n) is 20.4. The topological polar surface area (TPSA) is 132 Å². The van der Waals surface area contributed by atoms with E-state index in [1.807, 2.05) is 0 Å².